The van der Waals surface area contributed by atoms with Crippen molar-refractivity contribution in [2.45, 2.75) is 45.3 Å². The Balaban J connectivity index is 2.79. The highest BCUT2D eigenvalue weighted by Gasteiger charge is 2.25. The first-order valence-corrected chi connectivity index (χ1v) is 6.81. The van der Waals surface area contributed by atoms with E-state index in [1.165, 1.54) is 0 Å². The Morgan fingerprint density at radius 1 is 1.26 bits per heavy atom. The molecule has 1 aromatic carbocycles. The Morgan fingerprint density at radius 2 is 1.89 bits per heavy atom. The summed E-state index contributed by atoms with van der Waals surface area (Å²) in [4.78, 5) is 0. The summed E-state index contributed by atoms with van der Waals surface area (Å²) in [5.74, 6) is 0.750. The smallest absolute Gasteiger partial charge is 0.122 e. The summed E-state index contributed by atoms with van der Waals surface area (Å²) < 4.78 is 5.30. The molecule has 1 unspecified atom stereocenters. The second-order valence-electron chi connectivity index (χ2n) is 6.23. The van der Waals surface area contributed by atoms with Crippen LogP contribution in [0.3, 0.4) is 0 Å². The van der Waals surface area contributed by atoms with Crippen LogP contribution in [0.15, 0.2) is 18.2 Å². The summed E-state index contributed by atoms with van der Waals surface area (Å²) in [5, 5.41) is 14.4. The SMILES string of the molecule is COc1ccc(Cl)cc1CC(C)(O)CNC(C)(C)C. The Labute approximate surface area is 120 Å². The molecule has 0 saturated carbocycles. The van der Waals surface area contributed by atoms with Crippen molar-refractivity contribution in [3.8, 4) is 5.75 Å². The van der Waals surface area contributed by atoms with E-state index in [1.54, 1.807) is 13.2 Å². The molecule has 0 aliphatic carbocycles. The van der Waals surface area contributed by atoms with Crippen molar-refractivity contribution in [2.75, 3.05) is 13.7 Å². The van der Waals surface area contributed by atoms with Gasteiger partial charge in [0, 0.05) is 23.5 Å². The van der Waals surface area contributed by atoms with E-state index in [1.807, 2.05) is 19.1 Å². The molecule has 1 rings (SSSR count). The fourth-order valence-corrected chi connectivity index (χ4v) is 2.01. The first kappa shape index (κ1) is 16.3. The highest BCUT2D eigenvalue weighted by atomic mass is 35.5. The maximum atomic E-state index is 10.5. The molecule has 0 saturated heterocycles. The molecule has 4 heteroatoms. The molecule has 19 heavy (non-hydrogen) atoms. The largest absolute Gasteiger partial charge is 0.496 e. The summed E-state index contributed by atoms with van der Waals surface area (Å²) in [6.07, 6.45) is 0.486. The number of methoxy groups -OCH3 is 1. The van der Waals surface area contributed by atoms with E-state index < -0.39 is 5.60 Å². The molecule has 0 fully saturated rings. The van der Waals surface area contributed by atoms with Gasteiger partial charge in [-0.2, -0.15) is 0 Å². The van der Waals surface area contributed by atoms with Gasteiger partial charge in [0.1, 0.15) is 5.75 Å². The van der Waals surface area contributed by atoms with Crippen LogP contribution in [0.4, 0.5) is 0 Å². The molecule has 0 bridgehead atoms. The first-order valence-electron chi connectivity index (χ1n) is 6.43. The van der Waals surface area contributed by atoms with Gasteiger partial charge < -0.3 is 15.2 Å². The molecule has 0 heterocycles. The van der Waals surface area contributed by atoms with E-state index in [0.29, 0.717) is 18.0 Å². The second kappa shape index (κ2) is 6.12. The zero-order valence-corrected chi connectivity index (χ0v) is 13.1. The van der Waals surface area contributed by atoms with Crippen LogP contribution in [0, 0.1) is 0 Å². The number of hydrogen-bond donors (Lipinski definition) is 2. The van der Waals surface area contributed by atoms with Crippen LogP contribution in [-0.4, -0.2) is 29.9 Å². The van der Waals surface area contributed by atoms with Crippen LogP contribution >= 0.6 is 11.6 Å². The van der Waals surface area contributed by atoms with E-state index in [9.17, 15) is 5.11 Å². The predicted octanol–water partition coefficient (Wildman–Crippen LogP) is 3.03. The molecule has 0 aliphatic heterocycles. The van der Waals surface area contributed by atoms with Gasteiger partial charge in [0.25, 0.3) is 0 Å². The predicted molar refractivity (Wildman–Crippen MR) is 80.1 cm³/mol. The van der Waals surface area contributed by atoms with Crippen molar-refractivity contribution in [3.05, 3.63) is 28.8 Å². The summed E-state index contributed by atoms with van der Waals surface area (Å²) in [6, 6.07) is 5.45. The van der Waals surface area contributed by atoms with Crippen LogP contribution in [0.25, 0.3) is 0 Å². The van der Waals surface area contributed by atoms with Crippen LogP contribution in [-0.2, 0) is 6.42 Å². The molecule has 3 nitrogen and oxygen atoms in total. The van der Waals surface area contributed by atoms with Crippen LogP contribution in [0.5, 0.6) is 5.75 Å². The molecule has 0 aliphatic rings. The lowest BCUT2D eigenvalue weighted by Gasteiger charge is -2.30. The highest BCUT2D eigenvalue weighted by Crippen LogP contribution is 2.26. The molecule has 108 valence electrons. The summed E-state index contributed by atoms with van der Waals surface area (Å²) in [7, 11) is 1.62. The molecule has 0 aromatic heterocycles. The number of aliphatic hydroxyl groups is 1. The summed E-state index contributed by atoms with van der Waals surface area (Å²) in [5.41, 5.74) is 0.0314. The van der Waals surface area contributed by atoms with Crippen molar-refractivity contribution >= 4 is 11.6 Å². The third kappa shape index (κ3) is 5.81. The zero-order chi connectivity index (χ0) is 14.7. The van der Waals surface area contributed by atoms with Gasteiger partial charge in [-0.1, -0.05) is 11.6 Å². The fourth-order valence-electron chi connectivity index (χ4n) is 1.81. The third-order valence-corrected chi connectivity index (χ3v) is 3.05. The van der Waals surface area contributed by atoms with Crippen LogP contribution in [0.2, 0.25) is 5.02 Å². The quantitative estimate of drug-likeness (QED) is 0.874. The lowest BCUT2D eigenvalue weighted by molar-refractivity contribution is 0.0529. The van der Waals surface area contributed by atoms with Gasteiger partial charge in [0.2, 0.25) is 0 Å². The van der Waals surface area contributed by atoms with E-state index >= 15 is 0 Å². The maximum absolute atomic E-state index is 10.5. The Morgan fingerprint density at radius 3 is 2.42 bits per heavy atom. The third-order valence-electron chi connectivity index (χ3n) is 2.81. The normalized spacial score (nSPS) is 15.1. The van der Waals surface area contributed by atoms with Gasteiger partial charge in [-0.05, 0) is 51.5 Å². The number of halogens is 1. The average molecular weight is 286 g/mol. The fraction of sp³-hybridized carbons (Fsp3) is 0.600. The first-order chi connectivity index (χ1) is 8.63. The van der Waals surface area contributed by atoms with Gasteiger partial charge in [-0.25, -0.2) is 0 Å². The summed E-state index contributed by atoms with van der Waals surface area (Å²) in [6.45, 7) is 8.54. The Hall–Kier alpha value is -0.770. The topological polar surface area (TPSA) is 41.5 Å². The van der Waals surface area contributed by atoms with Crippen molar-refractivity contribution in [3.63, 3.8) is 0 Å². The Kier molecular flexibility index (Phi) is 5.25. The van der Waals surface area contributed by atoms with Crippen LogP contribution < -0.4 is 10.1 Å². The lowest BCUT2D eigenvalue weighted by atomic mass is 9.94. The number of nitrogens with one attached hydrogen (secondary N) is 1. The van der Waals surface area contributed by atoms with Gasteiger partial charge in [-0.3, -0.25) is 0 Å². The molecule has 0 amide bonds. The van der Waals surface area contributed by atoms with Gasteiger partial charge in [-0.15, -0.1) is 0 Å². The van der Waals surface area contributed by atoms with Crippen molar-refractivity contribution < 1.29 is 9.84 Å². The molecule has 1 aromatic rings. The number of hydrogen-bond acceptors (Lipinski definition) is 3. The van der Waals surface area contributed by atoms with Crippen molar-refractivity contribution in [2.24, 2.45) is 0 Å². The second-order valence-corrected chi connectivity index (χ2v) is 6.67. The monoisotopic (exact) mass is 285 g/mol. The molecule has 2 N–H and O–H groups in total. The Bertz CT molecular complexity index is 425. The number of ether oxygens (including phenoxy) is 1. The minimum Gasteiger partial charge on any atom is -0.496 e. The van der Waals surface area contributed by atoms with Gasteiger partial charge >= 0.3 is 0 Å². The highest BCUT2D eigenvalue weighted by molar-refractivity contribution is 6.30. The lowest BCUT2D eigenvalue weighted by Crippen LogP contribution is -2.47. The van der Waals surface area contributed by atoms with E-state index in [4.69, 9.17) is 16.3 Å². The zero-order valence-electron chi connectivity index (χ0n) is 12.4. The standard InChI is InChI=1S/C15H24ClNO2/c1-14(2,3)17-10-15(4,18)9-11-8-12(16)6-7-13(11)19-5/h6-8,17-18H,9-10H2,1-5H3. The van der Waals surface area contributed by atoms with E-state index in [2.05, 4.69) is 26.1 Å². The maximum Gasteiger partial charge on any atom is 0.122 e. The number of β-amino-alcohol motifs (C(OH)–C–C–N with tert-alkyl or cyclic N) is 1. The molecule has 0 spiro atoms. The molecular formula is C15H24ClNO2. The molecule has 0 radical (unpaired) electrons. The van der Waals surface area contributed by atoms with Gasteiger partial charge in [0.15, 0.2) is 0 Å². The van der Waals surface area contributed by atoms with Gasteiger partial charge in [0.05, 0.1) is 12.7 Å². The average Bonchev–Trinajstić information content (AvgIpc) is 2.26. The van der Waals surface area contributed by atoms with Crippen molar-refractivity contribution in [1.82, 2.24) is 5.32 Å². The summed E-state index contributed by atoms with van der Waals surface area (Å²) >= 11 is 6.00. The minimum absolute atomic E-state index is 0.0254. The molecular weight excluding hydrogens is 262 g/mol. The minimum atomic E-state index is -0.856. The van der Waals surface area contributed by atoms with Crippen LogP contribution in [0.1, 0.15) is 33.3 Å². The number of benzene rings is 1. The molecule has 1 atom stereocenters. The van der Waals surface area contributed by atoms with E-state index in [0.717, 1.165) is 11.3 Å². The number of rotatable bonds is 5. The van der Waals surface area contributed by atoms with E-state index in [-0.39, 0.29) is 5.54 Å². The van der Waals surface area contributed by atoms with Crippen molar-refractivity contribution in [1.29, 1.82) is 0 Å².